The van der Waals surface area contributed by atoms with Gasteiger partial charge in [-0.25, -0.2) is 4.98 Å². The molecule has 0 atom stereocenters. The van der Waals surface area contributed by atoms with Crippen LogP contribution in [-0.2, 0) is 6.61 Å². The van der Waals surface area contributed by atoms with Gasteiger partial charge in [0.1, 0.15) is 23.9 Å². The zero-order valence-electron chi connectivity index (χ0n) is 24.6. The first-order chi connectivity index (χ1) is 20.4. The van der Waals surface area contributed by atoms with Crippen LogP contribution in [0.15, 0.2) is 60.7 Å². The van der Waals surface area contributed by atoms with Gasteiger partial charge >= 0.3 is 0 Å². The zero-order valence-corrected chi connectivity index (χ0v) is 24.6. The number of amides is 1. The second kappa shape index (κ2) is 13.9. The van der Waals surface area contributed by atoms with Crippen molar-refractivity contribution >= 4 is 22.5 Å². The Kier molecular flexibility index (Phi) is 10.1. The molecule has 0 aliphatic rings. The Labute approximate surface area is 245 Å². The molecule has 10 heteroatoms. The fourth-order valence-corrected chi connectivity index (χ4v) is 4.76. The fraction of sp³-hybridized carbons (Fsp3) is 0.312. The lowest BCUT2D eigenvalue weighted by atomic mass is 9.95. The number of nitrogens with zero attached hydrogens (tertiary/aromatic N) is 3. The van der Waals surface area contributed by atoms with Gasteiger partial charge in [-0.3, -0.25) is 4.79 Å². The number of hydrogen-bond acceptors (Lipinski definition) is 9. The van der Waals surface area contributed by atoms with Gasteiger partial charge in [0.25, 0.3) is 5.91 Å². The van der Waals surface area contributed by atoms with Gasteiger partial charge in [-0.2, -0.15) is 0 Å². The Morgan fingerprint density at radius 2 is 1.50 bits per heavy atom. The molecule has 4 aromatic rings. The smallest absolute Gasteiger partial charge is 0.273 e. The SMILES string of the molecule is COc1cc(-c2c(C(=O)N(C)CCO)nc(N(C)CCO)c3cc(OCc4ccccc4)ccc23)cc(OC)c1OC. The Morgan fingerprint density at radius 3 is 2.10 bits per heavy atom. The zero-order chi connectivity index (χ0) is 30.2. The van der Waals surface area contributed by atoms with Crippen molar-refractivity contribution in [1.82, 2.24) is 9.88 Å². The van der Waals surface area contributed by atoms with Crippen molar-refractivity contribution in [3.8, 4) is 34.1 Å². The molecular formula is C32H37N3O7. The van der Waals surface area contributed by atoms with Crippen molar-refractivity contribution in [2.75, 3.05) is 66.6 Å². The molecule has 0 fully saturated rings. The Bertz CT molecular complexity index is 1500. The topological polar surface area (TPSA) is 114 Å². The molecule has 222 valence electrons. The van der Waals surface area contributed by atoms with E-state index in [1.54, 1.807) is 31.1 Å². The Balaban J connectivity index is 2.01. The third-order valence-corrected chi connectivity index (χ3v) is 6.94. The summed E-state index contributed by atoms with van der Waals surface area (Å²) in [6.45, 7) is 0.493. The van der Waals surface area contributed by atoms with Gasteiger partial charge in [-0.15, -0.1) is 0 Å². The molecule has 10 nitrogen and oxygen atoms in total. The highest BCUT2D eigenvalue weighted by Crippen LogP contribution is 2.45. The van der Waals surface area contributed by atoms with Crippen molar-refractivity contribution < 1.29 is 34.0 Å². The predicted octanol–water partition coefficient (Wildman–Crippen LogP) is 4.00. The van der Waals surface area contributed by atoms with Crippen molar-refractivity contribution in [3.05, 3.63) is 71.9 Å². The number of fused-ring (bicyclic) bond motifs is 1. The third kappa shape index (κ3) is 6.35. The van der Waals surface area contributed by atoms with Gasteiger partial charge in [0.05, 0.1) is 34.5 Å². The number of aromatic nitrogens is 1. The lowest BCUT2D eigenvalue weighted by molar-refractivity contribution is 0.0762. The maximum Gasteiger partial charge on any atom is 0.273 e. The minimum absolute atomic E-state index is 0.105. The van der Waals surface area contributed by atoms with E-state index in [2.05, 4.69) is 0 Å². The molecule has 2 N–H and O–H groups in total. The molecule has 0 aliphatic carbocycles. The lowest BCUT2D eigenvalue weighted by Crippen LogP contribution is -2.31. The summed E-state index contributed by atoms with van der Waals surface area (Å²) < 4.78 is 22.9. The second-order valence-corrected chi connectivity index (χ2v) is 9.65. The molecule has 4 rings (SSSR count). The molecule has 0 aliphatic heterocycles. The van der Waals surface area contributed by atoms with E-state index in [0.29, 0.717) is 53.1 Å². The molecule has 0 spiro atoms. The van der Waals surface area contributed by atoms with Crippen LogP contribution in [0.5, 0.6) is 23.0 Å². The molecule has 0 bridgehead atoms. The fourth-order valence-electron chi connectivity index (χ4n) is 4.76. The summed E-state index contributed by atoms with van der Waals surface area (Å²) in [4.78, 5) is 21.9. The largest absolute Gasteiger partial charge is 0.493 e. The number of aliphatic hydroxyl groups excluding tert-OH is 2. The number of ether oxygens (including phenoxy) is 4. The maximum absolute atomic E-state index is 13.8. The molecule has 0 saturated heterocycles. The number of carbonyl (C=O) groups is 1. The van der Waals surface area contributed by atoms with Gasteiger partial charge in [-0.05, 0) is 46.8 Å². The number of benzene rings is 3. The van der Waals surface area contributed by atoms with Crippen molar-refractivity contribution in [2.24, 2.45) is 0 Å². The van der Waals surface area contributed by atoms with Crippen LogP contribution in [-0.4, -0.2) is 87.7 Å². The number of methoxy groups -OCH3 is 3. The molecule has 1 aromatic heterocycles. The molecule has 0 saturated carbocycles. The third-order valence-electron chi connectivity index (χ3n) is 6.94. The first-order valence-corrected chi connectivity index (χ1v) is 13.5. The van der Waals surface area contributed by atoms with E-state index >= 15 is 0 Å². The molecule has 3 aromatic carbocycles. The number of rotatable bonds is 13. The summed E-state index contributed by atoms with van der Waals surface area (Å²) in [5.74, 6) is 2.01. The van der Waals surface area contributed by atoms with Crippen LogP contribution in [0.3, 0.4) is 0 Å². The summed E-state index contributed by atoms with van der Waals surface area (Å²) in [6.07, 6.45) is 0. The summed E-state index contributed by atoms with van der Waals surface area (Å²) in [5.41, 5.74) is 2.37. The average Bonchev–Trinajstić information content (AvgIpc) is 3.02. The van der Waals surface area contributed by atoms with E-state index in [1.807, 2.05) is 48.5 Å². The molecule has 1 heterocycles. The highest BCUT2D eigenvalue weighted by molar-refractivity contribution is 6.12. The van der Waals surface area contributed by atoms with E-state index < -0.39 is 0 Å². The quantitative estimate of drug-likeness (QED) is 0.244. The van der Waals surface area contributed by atoms with Crippen molar-refractivity contribution in [1.29, 1.82) is 0 Å². The van der Waals surface area contributed by atoms with Crippen LogP contribution in [0.1, 0.15) is 16.1 Å². The number of likely N-dealkylation sites (N-methyl/N-ethyl adjacent to an activating group) is 2. The molecular weight excluding hydrogens is 538 g/mol. The normalized spacial score (nSPS) is 10.8. The number of hydrogen-bond donors (Lipinski definition) is 2. The summed E-state index contributed by atoms with van der Waals surface area (Å²) in [5, 5.41) is 20.7. The Hall–Kier alpha value is -4.54. The van der Waals surface area contributed by atoms with E-state index in [0.717, 1.165) is 16.3 Å². The van der Waals surface area contributed by atoms with Crippen LogP contribution >= 0.6 is 0 Å². The van der Waals surface area contributed by atoms with Gasteiger partial charge in [0.15, 0.2) is 11.5 Å². The molecule has 0 unspecified atom stereocenters. The number of anilines is 1. The van der Waals surface area contributed by atoms with Crippen LogP contribution in [0.25, 0.3) is 21.9 Å². The number of pyridine rings is 1. The molecule has 42 heavy (non-hydrogen) atoms. The maximum atomic E-state index is 13.8. The van der Waals surface area contributed by atoms with Crippen LogP contribution in [0, 0.1) is 0 Å². The number of aliphatic hydroxyl groups is 2. The number of carbonyl (C=O) groups excluding carboxylic acids is 1. The minimum atomic E-state index is -0.377. The van der Waals surface area contributed by atoms with E-state index in [4.69, 9.17) is 23.9 Å². The summed E-state index contributed by atoms with van der Waals surface area (Å²) in [7, 11) is 8.00. The van der Waals surface area contributed by atoms with E-state index in [1.165, 1.54) is 26.2 Å². The highest BCUT2D eigenvalue weighted by atomic mass is 16.5. The summed E-state index contributed by atoms with van der Waals surface area (Å²) in [6, 6.07) is 19.1. The van der Waals surface area contributed by atoms with Crippen LogP contribution < -0.4 is 23.8 Å². The lowest BCUT2D eigenvalue weighted by Gasteiger charge is -2.25. The van der Waals surface area contributed by atoms with Crippen molar-refractivity contribution in [3.63, 3.8) is 0 Å². The van der Waals surface area contributed by atoms with Gasteiger partial charge in [-0.1, -0.05) is 30.3 Å². The van der Waals surface area contributed by atoms with Gasteiger partial charge in [0.2, 0.25) is 5.75 Å². The van der Waals surface area contributed by atoms with Crippen molar-refractivity contribution in [2.45, 2.75) is 6.61 Å². The standard InChI is InChI=1S/C32H37N3O7/c1-34(13-15-36)31-25-19-23(42-20-21-9-7-6-8-10-21)11-12-24(25)28(29(33-31)32(38)35(2)14-16-37)22-17-26(39-3)30(41-5)27(18-22)40-4/h6-12,17-19,36-37H,13-16,20H2,1-5H3. The van der Waals surface area contributed by atoms with Crippen LogP contribution in [0.4, 0.5) is 5.82 Å². The first-order valence-electron chi connectivity index (χ1n) is 13.5. The van der Waals surface area contributed by atoms with Gasteiger partial charge < -0.3 is 39.0 Å². The first kappa shape index (κ1) is 30.4. The monoisotopic (exact) mass is 575 g/mol. The molecule has 1 amide bonds. The molecule has 0 radical (unpaired) electrons. The highest BCUT2D eigenvalue weighted by Gasteiger charge is 2.26. The Morgan fingerprint density at radius 1 is 0.833 bits per heavy atom. The van der Waals surface area contributed by atoms with Crippen LogP contribution in [0.2, 0.25) is 0 Å². The van der Waals surface area contributed by atoms with Gasteiger partial charge in [0, 0.05) is 38.1 Å². The minimum Gasteiger partial charge on any atom is -0.493 e. The van der Waals surface area contributed by atoms with E-state index in [9.17, 15) is 15.0 Å². The average molecular weight is 576 g/mol. The van der Waals surface area contributed by atoms with E-state index in [-0.39, 0.29) is 31.4 Å². The second-order valence-electron chi connectivity index (χ2n) is 9.65. The summed E-state index contributed by atoms with van der Waals surface area (Å²) >= 11 is 0. The predicted molar refractivity (Wildman–Crippen MR) is 162 cm³/mol.